The lowest BCUT2D eigenvalue weighted by atomic mass is 10.0. The number of hydrogen-bond donors (Lipinski definition) is 1. The van der Waals surface area contributed by atoms with E-state index in [0.29, 0.717) is 17.1 Å². The van der Waals surface area contributed by atoms with Crippen LogP contribution in [0.5, 0.6) is 0 Å². The van der Waals surface area contributed by atoms with Gasteiger partial charge in [0, 0.05) is 55.2 Å². The highest BCUT2D eigenvalue weighted by Gasteiger charge is 2.24. The number of hydrogen-bond acceptors (Lipinski definition) is 3. The van der Waals surface area contributed by atoms with Gasteiger partial charge in [-0.3, -0.25) is 9.88 Å². The summed E-state index contributed by atoms with van der Waals surface area (Å²) in [5.74, 6) is -0.206. The Morgan fingerprint density at radius 2 is 2.29 bits per heavy atom. The highest BCUT2D eigenvalue weighted by molar-refractivity contribution is 6.30. The topological polar surface area (TPSA) is 28.2 Å². The van der Waals surface area contributed by atoms with E-state index < -0.39 is 0 Å². The van der Waals surface area contributed by atoms with Crippen LogP contribution in [0.4, 0.5) is 4.39 Å². The molecule has 1 saturated heterocycles. The first kappa shape index (κ1) is 14.4. The van der Waals surface area contributed by atoms with Crippen LogP contribution >= 0.6 is 11.6 Å². The van der Waals surface area contributed by atoms with Gasteiger partial charge in [0.2, 0.25) is 0 Å². The summed E-state index contributed by atoms with van der Waals surface area (Å²) in [5, 5.41) is 3.95. The molecule has 2 heterocycles. The van der Waals surface area contributed by atoms with Crippen LogP contribution in [-0.4, -0.2) is 29.5 Å². The molecule has 3 rings (SSSR count). The molecule has 1 N–H and O–H groups in total. The minimum Gasteiger partial charge on any atom is -0.314 e. The summed E-state index contributed by atoms with van der Waals surface area (Å²) in [6.07, 6.45) is 3.64. The molecular formula is C16H17ClFN3. The molecule has 1 aliphatic rings. The Labute approximate surface area is 128 Å². The first-order valence-electron chi connectivity index (χ1n) is 7.02. The van der Waals surface area contributed by atoms with Gasteiger partial charge in [0.1, 0.15) is 5.82 Å². The number of pyridine rings is 1. The Kier molecular flexibility index (Phi) is 4.48. The molecule has 1 aromatic heterocycles. The smallest absolute Gasteiger partial charge is 0.127 e. The molecule has 1 atom stereocenters. The van der Waals surface area contributed by atoms with Gasteiger partial charge in [-0.1, -0.05) is 17.7 Å². The first-order valence-corrected chi connectivity index (χ1v) is 7.40. The molecule has 1 unspecified atom stereocenters. The van der Waals surface area contributed by atoms with Crippen molar-refractivity contribution in [3.8, 4) is 0 Å². The van der Waals surface area contributed by atoms with Gasteiger partial charge in [0.15, 0.2) is 0 Å². The van der Waals surface area contributed by atoms with Crippen LogP contribution in [0.2, 0.25) is 5.02 Å². The molecule has 3 nitrogen and oxygen atoms in total. The van der Waals surface area contributed by atoms with Gasteiger partial charge in [-0.05, 0) is 29.8 Å². The number of rotatable bonds is 3. The van der Waals surface area contributed by atoms with Gasteiger partial charge in [0.25, 0.3) is 0 Å². The Hall–Kier alpha value is -1.49. The summed E-state index contributed by atoms with van der Waals surface area (Å²) in [5.41, 5.74) is 1.78. The molecule has 5 heteroatoms. The Morgan fingerprint density at radius 3 is 3.10 bits per heavy atom. The first-order chi connectivity index (χ1) is 10.2. The molecule has 110 valence electrons. The Balaban J connectivity index is 1.83. The van der Waals surface area contributed by atoms with E-state index in [4.69, 9.17) is 11.6 Å². The SMILES string of the molecule is Fc1ccc(Cl)cc1CN1CCNCC1c1cccnc1. The average Bonchev–Trinajstić information content (AvgIpc) is 2.52. The van der Waals surface area contributed by atoms with E-state index in [0.717, 1.165) is 25.2 Å². The lowest BCUT2D eigenvalue weighted by Gasteiger charge is -2.36. The summed E-state index contributed by atoms with van der Waals surface area (Å²) < 4.78 is 13.9. The van der Waals surface area contributed by atoms with Gasteiger partial charge >= 0.3 is 0 Å². The minimum absolute atomic E-state index is 0.200. The molecule has 0 aliphatic carbocycles. The van der Waals surface area contributed by atoms with E-state index in [1.165, 1.54) is 6.07 Å². The number of halogens is 2. The maximum Gasteiger partial charge on any atom is 0.127 e. The fraction of sp³-hybridized carbons (Fsp3) is 0.312. The monoisotopic (exact) mass is 305 g/mol. The second kappa shape index (κ2) is 6.52. The van der Waals surface area contributed by atoms with Crippen molar-refractivity contribution in [3.63, 3.8) is 0 Å². The van der Waals surface area contributed by atoms with Crippen LogP contribution < -0.4 is 5.32 Å². The highest BCUT2D eigenvalue weighted by atomic mass is 35.5. The molecule has 0 spiro atoms. The summed E-state index contributed by atoms with van der Waals surface area (Å²) in [4.78, 5) is 6.45. The van der Waals surface area contributed by atoms with E-state index >= 15 is 0 Å². The third-order valence-electron chi connectivity index (χ3n) is 3.80. The molecule has 2 aromatic rings. The Bertz CT molecular complexity index is 606. The number of piperazine rings is 1. The lowest BCUT2D eigenvalue weighted by Crippen LogP contribution is -2.45. The maximum absolute atomic E-state index is 13.9. The van der Waals surface area contributed by atoms with E-state index in [1.807, 2.05) is 12.3 Å². The second-order valence-corrected chi connectivity index (χ2v) is 5.65. The van der Waals surface area contributed by atoms with Crippen molar-refractivity contribution < 1.29 is 4.39 Å². The van der Waals surface area contributed by atoms with Gasteiger partial charge in [0.05, 0.1) is 0 Å². The van der Waals surface area contributed by atoms with Gasteiger partial charge < -0.3 is 5.32 Å². The molecule has 1 aromatic carbocycles. The minimum atomic E-state index is -0.206. The molecular weight excluding hydrogens is 289 g/mol. The standard InChI is InChI=1S/C16H17ClFN3/c17-14-3-4-15(18)13(8-14)11-21-7-6-20-10-16(21)12-2-1-5-19-9-12/h1-5,8-9,16,20H,6-7,10-11H2. The fourth-order valence-electron chi connectivity index (χ4n) is 2.72. The van der Waals surface area contributed by atoms with Gasteiger partial charge in [-0.25, -0.2) is 4.39 Å². The van der Waals surface area contributed by atoms with Crippen molar-refractivity contribution in [2.75, 3.05) is 19.6 Å². The van der Waals surface area contributed by atoms with Crippen molar-refractivity contribution in [2.45, 2.75) is 12.6 Å². The quantitative estimate of drug-likeness (QED) is 0.945. The van der Waals surface area contributed by atoms with E-state index in [-0.39, 0.29) is 11.9 Å². The summed E-state index contributed by atoms with van der Waals surface area (Å²) >= 11 is 5.98. The maximum atomic E-state index is 13.9. The average molecular weight is 306 g/mol. The van der Waals surface area contributed by atoms with E-state index in [1.54, 1.807) is 18.3 Å². The molecule has 1 aliphatic heterocycles. The van der Waals surface area contributed by atoms with E-state index in [9.17, 15) is 4.39 Å². The molecule has 1 fully saturated rings. The molecule has 0 amide bonds. The zero-order valence-electron chi connectivity index (χ0n) is 11.6. The van der Waals surface area contributed by atoms with Crippen molar-refractivity contribution in [1.29, 1.82) is 0 Å². The fourth-order valence-corrected chi connectivity index (χ4v) is 2.92. The number of nitrogens with zero attached hydrogens (tertiary/aromatic N) is 2. The normalized spacial score (nSPS) is 19.6. The summed E-state index contributed by atoms with van der Waals surface area (Å²) in [6.45, 7) is 3.16. The lowest BCUT2D eigenvalue weighted by molar-refractivity contribution is 0.151. The Morgan fingerprint density at radius 1 is 1.38 bits per heavy atom. The predicted octanol–water partition coefficient (Wildman–Crippen LogP) is 3.02. The molecule has 0 saturated carbocycles. The van der Waals surface area contributed by atoms with Crippen LogP contribution in [0.15, 0.2) is 42.7 Å². The number of nitrogens with one attached hydrogen (secondary N) is 1. The van der Waals surface area contributed by atoms with E-state index in [2.05, 4.69) is 21.3 Å². The number of benzene rings is 1. The third-order valence-corrected chi connectivity index (χ3v) is 4.04. The third kappa shape index (κ3) is 3.40. The van der Waals surface area contributed by atoms with Crippen molar-refractivity contribution >= 4 is 11.6 Å². The zero-order chi connectivity index (χ0) is 14.7. The summed E-state index contributed by atoms with van der Waals surface area (Å²) in [6, 6.07) is 8.91. The van der Waals surface area contributed by atoms with Crippen LogP contribution in [0.25, 0.3) is 0 Å². The van der Waals surface area contributed by atoms with Crippen molar-refractivity contribution in [3.05, 3.63) is 64.7 Å². The molecule has 21 heavy (non-hydrogen) atoms. The van der Waals surface area contributed by atoms with Crippen molar-refractivity contribution in [2.24, 2.45) is 0 Å². The second-order valence-electron chi connectivity index (χ2n) is 5.21. The number of aromatic nitrogens is 1. The molecule has 0 bridgehead atoms. The highest BCUT2D eigenvalue weighted by Crippen LogP contribution is 2.25. The van der Waals surface area contributed by atoms with Gasteiger partial charge in [-0.2, -0.15) is 0 Å². The van der Waals surface area contributed by atoms with Crippen LogP contribution in [0.1, 0.15) is 17.2 Å². The van der Waals surface area contributed by atoms with Crippen LogP contribution in [0.3, 0.4) is 0 Å². The van der Waals surface area contributed by atoms with Crippen LogP contribution in [-0.2, 0) is 6.54 Å². The van der Waals surface area contributed by atoms with Crippen LogP contribution in [0, 0.1) is 5.82 Å². The summed E-state index contributed by atoms with van der Waals surface area (Å²) in [7, 11) is 0. The molecule has 0 radical (unpaired) electrons. The van der Waals surface area contributed by atoms with Gasteiger partial charge in [-0.15, -0.1) is 0 Å². The largest absolute Gasteiger partial charge is 0.314 e. The van der Waals surface area contributed by atoms with Crippen molar-refractivity contribution in [1.82, 2.24) is 15.2 Å². The zero-order valence-corrected chi connectivity index (χ0v) is 12.4. The predicted molar refractivity (Wildman–Crippen MR) is 81.7 cm³/mol.